The second-order valence-electron chi connectivity index (χ2n) is 5.89. The summed E-state index contributed by atoms with van der Waals surface area (Å²) in [6.45, 7) is 0.660. The molecule has 1 aromatic heterocycles. The molecule has 0 aliphatic carbocycles. The van der Waals surface area contributed by atoms with Crippen LogP contribution in [0.2, 0.25) is 0 Å². The highest BCUT2D eigenvalue weighted by atomic mass is 16.5. The van der Waals surface area contributed by atoms with Gasteiger partial charge in [-0.15, -0.1) is 0 Å². The van der Waals surface area contributed by atoms with Gasteiger partial charge < -0.3 is 15.0 Å². The molecule has 1 atom stereocenters. The fourth-order valence-corrected chi connectivity index (χ4v) is 2.68. The number of likely N-dealkylation sites (N-methyl/N-ethyl adjacent to an activating group) is 1. The van der Waals surface area contributed by atoms with E-state index in [0.717, 1.165) is 17.0 Å². The lowest BCUT2D eigenvalue weighted by Gasteiger charge is -2.25. The van der Waals surface area contributed by atoms with Crippen molar-refractivity contribution in [2.45, 2.75) is 6.04 Å². The molecule has 0 spiro atoms. The van der Waals surface area contributed by atoms with Crippen LogP contribution in [0.3, 0.4) is 0 Å². The first-order valence-corrected chi connectivity index (χ1v) is 8.07. The van der Waals surface area contributed by atoms with E-state index in [9.17, 15) is 0 Å². The van der Waals surface area contributed by atoms with Crippen LogP contribution in [-0.2, 0) is 0 Å². The second kappa shape index (κ2) is 7.76. The Balaban J connectivity index is 1.78. The van der Waals surface area contributed by atoms with Crippen LogP contribution in [0.1, 0.15) is 11.6 Å². The normalized spacial score (nSPS) is 12.2. The van der Waals surface area contributed by atoms with Gasteiger partial charge in [0.1, 0.15) is 5.75 Å². The van der Waals surface area contributed by atoms with Crippen LogP contribution in [0.4, 0.5) is 5.95 Å². The maximum absolute atomic E-state index is 5.34. The molecule has 7 nitrogen and oxygen atoms in total. The number of nitrogens with one attached hydrogen (secondary N) is 1. The number of para-hydroxylation sites is 1. The van der Waals surface area contributed by atoms with Crippen LogP contribution in [0.15, 0.2) is 54.6 Å². The Kier molecular flexibility index (Phi) is 5.25. The number of aromatic nitrogens is 4. The number of anilines is 1. The largest absolute Gasteiger partial charge is 0.497 e. The minimum Gasteiger partial charge on any atom is -0.497 e. The highest BCUT2D eigenvalue weighted by Crippen LogP contribution is 2.23. The third-order valence-electron chi connectivity index (χ3n) is 4.03. The monoisotopic (exact) mass is 338 g/mol. The average molecular weight is 338 g/mol. The Hall–Kier alpha value is -2.93. The van der Waals surface area contributed by atoms with E-state index in [1.165, 1.54) is 0 Å². The van der Waals surface area contributed by atoms with Crippen molar-refractivity contribution in [3.05, 3.63) is 60.2 Å². The zero-order chi connectivity index (χ0) is 17.6. The number of rotatable bonds is 7. The van der Waals surface area contributed by atoms with E-state index in [1.807, 2.05) is 62.6 Å². The molecular formula is C18H22N6O. The van der Waals surface area contributed by atoms with E-state index in [-0.39, 0.29) is 6.04 Å². The Labute approximate surface area is 147 Å². The summed E-state index contributed by atoms with van der Waals surface area (Å²) in [6, 6.07) is 18.0. The Morgan fingerprint density at radius 3 is 2.64 bits per heavy atom. The molecule has 0 fully saturated rings. The summed E-state index contributed by atoms with van der Waals surface area (Å²) < 4.78 is 7.03. The fourth-order valence-electron chi connectivity index (χ4n) is 2.68. The lowest BCUT2D eigenvalue weighted by atomic mass is 10.1. The van der Waals surface area contributed by atoms with Crippen molar-refractivity contribution in [3.63, 3.8) is 0 Å². The lowest BCUT2D eigenvalue weighted by Crippen LogP contribution is -2.27. The van der Waals surface area contributed by atoms with E-state index in [0.29, 0.717) is 12.5 Å². The predicted molar refractivity (Wildman–Crippen MR) is 97.1 cm³/mol. The topological polar surface area (TPSA) is 68.1 Å². The molecular weight excluding hydrogens is 316 g/mol. The zero-order valence-corrected chi connectivity index (χ0v) is 14.6. The predicted octanol–water partition coefficient (Wildman–Crippen LogP) is 2.39. The van der Waals surface area contributed by atoms with Gasteiger partial charge in [-0.3, -0.25) is 0 Å². The summed E-state index contributed by atoms with van der Waals surface area (Å²) in [5, 5.41) is 15.3. The molecule has 1 heterocycles. The second-order valence-corrected chi connectivity index (χ2v) is 5.89. The number of benzene rings is 2. The van der Waals surface area contributed by atoms with Crippen molar-refractivity contribution in [1.29, 1.82) is 0 Å². The van der Waals surface area contributed by atoms with Crippen LogP contribution in [-0.4, -0.2) is 52.9 Å². The van der Waals surface area contributed by atoms with E-state index >= 15 is 0 Å². The molecule has 130 valence electrons. The fraction of sp³-hybridized carbons (Fsp3) is 0.278. The van der Waals surface area contributed by atoms with E-state index in [2.05, 4.69) is 31.8 Å². The first kappa shape index (κ1) is 16.9. The standard InChI is InChI=1S/C18H22N6O/c1-23(2)17(14-8-7-11-16(12-14)25-3)13-19-18-20-21-22-24(18)15-9-5-4-6-10-15/h4-12,17H,13H2,1-3H3,(H,19,20,22). The summed E-state index contributed by atoms with van der Waals surface area (Å²) in [6.07, 6.45) is 0. The van der Waals surface area contributed by atoms with Gasteiger partial charge in [0, 0.05) is 6.54 Å². The van der Waals surface area contributed by atoms with Crippen LogP contribution < -0.4 is 10.1 Å². The van der Waals surface area contributed by atoms with Gasteiger partial charge in [-0.05, 0) is 54.4 Å². The summed E-state index contributed by atoms with van der Waals surface area (Å²) in [4.78, 5) is 2.15. The van der Waals surface area contributed by atoms with Gasteiger partial charge in [-0.25, -0.2) is 0 Å². The molecule has 0 saturated heterocycles. The highest BCUT2D eigenvalue weighted by Gasteiger charge is 2.16. The van der Waals surface area contributed by atoms with Crippen molar-refractivity contribution in [3.8, 4) is 11.4 Å². The SMILES string of the molecule is COc1cccc(C(CNc2nnnn2-c2ccccc2)N(C)C)c1. The molecule has 2 aromatic carbocycles. The van der Waals surface area contributed by atoms with Crippen LogP contribution in [0, 0.1) is 0 Å². The van der Waals surface area contributed by atoms with Crippen molar-refractivity contribution in [1.82, 2.24) is 25.1 Å². The van der Waals surface area contributed by atoms with E-state index < -0.39 is 0 Å². The summed E-state index contributed by atoms with van der Waals surface area (Å²) in [5.41, 5.74) is 2.08. The minimum absolute atomic E-state index is 0.149. The van der Waals surface area contributed by atoms with Gasteiger partial charge in [0.15, 0.2) is 0 Å². The molecule has 25 heavy (non-hydrogen) atoms. The average Bonchev–Trinajstić information content (AvgIpc) is 3.11. The van der Waals surface area contributed by atoms with E-state index in [4.69, 9.17) is 4.74 Å². The first-order chi connectivity index (χ1) is 12.2. The van der Waals surface area contributed by atoms with Gasteiger partial charge in [0.2, 0.25) is 5.95 Å². The maximum Gasteiger partial charge on any atom is 0.247 e. The Morgan fingerprint density at radius 2 is 1.92 bits per heavy atom. The van der Waals surface area contributed by atoms with Crippen LogP contribution in [0.25, 0.3) is 5.69 Å². The van der Waals surface area contributed by atoms with Crippen LogP contribution >= 0.6 is 0 Å². The Bertz CT molecular complexity index is 802. The molecule has 0 aliphatic rings. The smallest absolute Gasteiger partial charge is 0.247 e. The molecule has 0 bridgehead atoms. The van der Waals surface area contributed by atoms with Crippen molar-refractivity contribution in [2.75, 3.05) is 33.1 Å². The van der Waals surface area contributed by atoms with Gasteiger partial charge in [-0.1, -0.05) is 35.4 Å². The highest BCUT2D eigenvalue weighted by molar-refractivity contribution is 5.39. The van der Waals surface area contributed by atoms with Crippen molar-refractivity contribution >= 4 is 5.95 Å². The first-order valence-electron chi connectivity index (χ1n) is 8.07. The number of nitrogens with zero attached hydrogens (tertiary/aromatic N) is 5. The van der Waals surface area contributed by atoms with Gasteiger partial charge in [0.05, 0.1) is 18.8 Å². The number of ether oxygens (including phenoxy) is 1. The molecule has 3 rings (SSSR count). The molecule has 0 amide bonds. The van der Waals surface area contributed by atoms with Crippen LogP contribution in [0.5, 0.6) is 5.75 Å². The van der Waals surface area contributed by atoms with Crippen molar-refractivity contribution in [2.24, 2.45) is 0 Å². The molecule has 7 heteroatoms. The van der Waals surface area contributed by atoms with E-state index in [1.54, 1.807) is 11.8 Å². The third kappa shape index (κ3) is 3.95. The minimum atomic E-state index is 0.149. The number of hydrogen-bond donors (Lipinski definition) is 1. The lowest BCUT2D eigenvalue weighted by molar-refractivity contribution is 0.310. The number of hydrogen-bond acceptors (Lipinski definition) is 6. The molecule has 1 N–H and O–H groups in total. The molecule has 0 aliphatic heterocycles. The zero-order valence-electron chi connectivity index (χ0n) is 14.6. The van der Waals surface area contributed by atoms with Gasteiger partial charge in [-0.2, -0.15) is 4.68 Å². The summed E-state index contributed by atoms with van der Waals surface area (Å²) in [5.74, 6) is 1.46. The molecule has 0 saturated carbocycles. The van der Waals surface area contributed by atoms with Gasteiger partial charge in [0.25, 0.3) is 0 Å². The molecule has 0 radical (unpaired) electrons. The third-order valence-corrected chi connectivity index (χ3v) is 4.03. The summed E-state index contributed by atoms with van der Waals surface area (Å²) >= 11 is 0. The van der Waals surface area contributed by atoms with Gasteiger partial charge >= 0.3 is 0 Å². The maximum atomic E-state index is 5.34. The Morgan fingerprint density at radius 1 is 1.12 bits per heavy atom. The number of tetrazole rings is 1. The summed E-state index contributed by atoms with van der Waals surface area (Å²) in [7, 11) is 5.77. The molecule has 3 aromatic rings. The van der Waals surface area contributed by atoms with Crippen molar-refractivity contribution < 1.29 is 4.74 Å². The number of methoxy groups -OCH3 is 1. The molecule has 1 unspecified atom stereocenters. The quantitative estimate of drug-likeness (QED) is 0.713.